The van der Waals surface area contributed by atoms with Crippen LogP contribution in [0.4, 0.5) is 0 Å². The molecule has 0 saturated carbocycles. The van der Waals surface area contributed by atoms with Crippen molar-refractivity contribution in [2.75, 3.05) is 0 Å². The van der Waals surface area contributed by atoms with Gasteiger partial charge in [0.15, 0.2) is 0 Å². The molecule has 1 atom stereocenters. The van der Waals surface area contributed by atoms with Crippen molar-refractivity contribution in [1.29, 1.82) is 0 Å². The first kappa shape index (κ1) is 12.7. The van der Waals surface area contributed by atoms with Gasteiger partial charge in [-0.25, -0.2) is 4.98 Å². The van der Waals surface area contributed by atoms with Gasteiger partial charge in [0, 0.05) is 12.5 Å². The molecule has 0 spiro atoms. The van der Waals surface area contributed by atoms with E-state index in [0.29, 0.717) is 5.92 Å². The second-order valence-electron chi connectivity index (χ2n) is 4.19. The number of aromatic nitrogens is 3. The molecular weight excluding hydrogens is 204 g/mol. The van der Waals surface area contributed by atoms with Crippen LogP contribution >= 0.6 is 0 Å². The highest BCUT2D eigenvalue weighted by atomic mass is 16.2. The van der Waals surface area contributed by atoms with Gasteiger partial charge < -0.3 is 5.32 Å². The van der Waals surface area contributed by atoms with E-state index in [1.807, 2.05) is 6.92 Å². The number of aromatic amines is 1. The smallest absolute Gasteiger partial charge is 0.291 e. The molecule has 1 unspecified atom stereocenters. The zero-order valence-corrected chi connectivity index (χ0v) is 10.4. The Morgan fingerprint density at radius 1 is 1.44 bits per heavy atom. The monoisotopic (exact) mass is 224 g/mol. The average Bonchev–Trinajstić information content (AvgIpc) is 2.73. The number of nitrogens with one attached hydrogen (secondary N) is 2. The second kappa shape index (κ2) is 5.63. The largest absolute Gasteiger partial charge is 0.346 e. The van der Waals surface area contributed by atoms with E-state index >= 15 is 0 Å². The Morgan fingerprint density at radius 2 is 2.12 bits per heavy atom. The van der Waals surface area contributed by atoms with E-state index in [2.05, 4.69) is 41.3 Å². The third-order valence-corrected chi connectivity index (χ3v) is 2.63. The van der Waals surface area contributed by atoms with Crippen molar-refractivity contribution in [2.24, 2.45) is 5.92 Å². The van der Waals surface area contributed by atoms with Crippen LogP contribution in [0.2, 0.25) is 0 Å². The molecule has 0 saturated heterocycles. The molecule has 1 amide bonds. The minimum absolute atomic E-state index is 0.177. The molecule has 1 heterocycles. The van der Waals surface area contributed by atoms with Gasteiger partial charge in [0.2, 0.25) is 5.82 Å². The average molecular weight is 224 g/mol. The molecule has 0 bridgehead atoms. The summed E-state index contributed by atoms with van der Waals surface area (Å²) in [4.78, 5) is 15.9. The summed E-state index contributed by atoms with van der Waals surface area (Å²) >= 11 is 0. The fourth-order valence-electron chi connectivity index (χ4n) is 1.53. The Hall–Kier alpha value is -1.39. The van der Waals surface area contributed by atoms with Crippen molar-refractivity contribution >= 4 is 5.91 Å². The molecule has 0 aliphatic heterocycles. The quantitative estimate of drug-likeness (QED) is 0.796. The highest BCUT2D eigenvalue weighted by Gasteiger charge is 2.18. The van der Waals surface area contributed by atoms with Gasteiger partial charge in [0.25, 0.3) is 5.91 Å². The summed E-state index contributed by atoms with van der Waals surface area (Å²) in [6.07, 6.45) is 1.66. The molecule has 1 aromatic heterocycles. The maximum absolute atomic E-state index is 11.8. The number of hydrogen-bond acceptors (Lipinski definition) is 3. The Morgan fingerprint density at radius 3 is 2.56 bits per heavy atom. The van der Waals surface area contributed by atoms with E-state index in [1.165, 1.54) is 0 Å². The van der Waals surface area contributed by atoms with Crippen molar-refractivity contribution in [2.45, 2.75) is 46.6 Å². The van der Waals surface area contributed by atoms with Crippen molar-refractivity contribution in [3.05, 3.63) is 11.6 Å². The Bertz CT molecular complexity index is 346. The Labute approximate surface area is 96.0 Å². The Kier molecular flexibility index (Phi) is 4.46. The summed E-state index contributed by atoms with van der Waals surface area (Å²) in [6.45, 7) is 8.19. The third kappa shape index (κ3) is 3.05. The van der Waals surface area contributed by atoms with Crippen LogP contribution < -0.4 is 5.32 Å². The van der Waals surface area contributed by atoms with Crippen LogP contribution in [-0.2, 0) is 6.42 Å². The van der Waals surface area contributed by atoms with Gasteiger partial charge in [-0.1, -0.05) is 27.7 Å². The summed E-state index contributed by atoms with van der Waals surface area (Å²) in [5.74, 6) is 1.19. The van der Waals surface area contributed by atoms with Crippen LogP contribution in [0.25, 0.3) is 0 Å². The molecule has 0 fully saturated rings. The van der Waals surface area contributed by atoms with E-state index < -0.39 is 0 Å². The number of aryl methyl sites for hydroxylation is 1. The summed E-state index contributed by atoms with van der Waals surface area (Å²) < 4.78 is 0. The molecule has 0 aliphatic carbocycles. The predicted octanol–water partition coefficient (Wildman–Crippen LogP) is 1.53. The number of amides is 1. The fraction of sp³-hybridized carbons (Fsp3) is 0.727. The second-order valence-corrected chi connectivity index (χ2v) is 4.19. The lowest BCUT2D eigenvalue weighted by Gasteiger charge is -2.19. The molecule has 0 radical (unpaired) electrons. The van der Waals surface area contributed by atoms with Gasteiger partial charge in [0.05, 0.1) is 0 Å². The van der Waals surface area contributed by atoms with Gasteiger partial charge in [-0.05, 0) is 12.3 Å². The summed E-state index contributed by atoms with van der Waals surface area (Å²) in [5, 5.41) is 9.56. The van der Waals surface area contributed by atoms with Crippen LogP contribution in [0.1, 0.15) is 50.6 Å². The normalized spacial score (nSPS) is 12.8. The lowest BCUT2D eigenvalue weighted by atomic mass is 10.0. The lowest BCUT2D eigenvalue weighted by Crippen LogP contribution is -2.38. The van der Waals surface area contributed by atoms with Crippen molar-refractivity contribution in [3.8, 4) is 0 Å². The molecule has 1 aromatic rings. The molecule has 16 heavy (non-hydrogen) atoms. The molecular formula is C11H20N4O. The maximum atomic E-state index is 11.8. The SMILES string of the molecule is CCc1nc(C(=O)NC(CC)C(C)C)n[nH]1. The van der Waals surface area contributed by atoms with E-state index in [9.17, 15) is 4.79 Å². The van der Waals surface area contributed by atoms with Gasteiger partial charge in [-0.3, -0.25) is 9.89 Å². The predicted molar refractivity (Wildman–Crippen MR) is 62.1 cm³/mol. The highest BCUT2D eigenvalue weighted by molar-refractivity contribution is 5.90. The molecule has 5 heteroatoms. The van der Waals surface area contributed by atoms with Gasteiger partial charge in [-0.15, -0.1) is 5.10 Å². The molecule has 0 aromatic carbocycles. The number of nitrogens with zero attached hydrogens (tertiary/aromatic N) is 2. The number of carbonyl (C=O) groups is 1. The molecule has 5 nitrogen and oxygen atoms in total. The van der Waals surface area contributed by atoms with Crippen molar-refractivity contribution < 1.29 is 4.79 Å². The minimum atomic E-state index is -0.198. The van der Waals surface area contributed by atoms with Crippen LogP contribution in [-0.4, -0.2) is 27.1 Å². The topological polar surface area (TPSA) is 70.7 Å². The van der Waals surface area contributed by atoms with Crippen molar-refractivity contribution in [1.82, 2.24) is 20.5 Å². The van der Waals surface area contributed by atoms with Crippen LogP contribution in [0, 0.1) is 5.92 Å². The Balaban J connectivity index is 2.64. The van der Waals surface area contributed by atoms with Crippen molar-refractivity contribution in [3.63, 3.8) is 0 Å². The lowest BCUT2D eigenvalue weighted by molar-refractivity contribution is 0.0914. The van der Waals surface area contributed by atoms with E-state index in [1.54, 1.807) is 0 Å². The third-order valence-electron chi connectivity index (χ3n) is 2.63. The zero-order chi connectivity index (χ0) is 12.1. The maximum Gasteiger partial charge on any atom is 0.291 e. The zero-order valence-electron chi connectivity index (χ0n) is 10.4. The number of hydrogen-bond donors (Lipinski definition) is 2. The first-order chi connectivity index (χ1) is 7.58. The standard InChI is InChI=1S/C11H20N4O/c1-5-8(7(3)4)12-11(16)10-13-9(6-2)14-15-10/h7-8H,5-6H2,1-4H3,(H,12,16)(H,13,14,15). The first-order valence-corrected chi connectivity index (χ1v) is 5.80. The summed E-state index contributed by atoms with van der Waals surface area (Å²) in [5.41, 5.74) is 0. The van der Waals surface area contributed by atoms with Crippen LogP contribution in [0.15, 0.2) is 0 Å². The highest BCUT2D eigenvalue weighted by Crippen LogP contribution is 2.06. The molecule has 0 aliphatic rings. The summed E-state index contributed by atoms with van der Waals surface area (Å²) in [6, 6.07) is 0.177. The number of carbonyl (C=O) groups excluding carboxylic acids is 1. The molecule has 1 rings (SSSR count). The van der Waals surface area contributed by atoms with Gasteiger partial charge in [0.1, 0.15) is 5.82 Å². The number of H-pyrrole nitrogens is 1. The van der Waals surface area contributed by atoms with E-state index in [4.69, 9.17) is 0 Å². The fourth-order valence-corrected chi connectivity index (χ4v) is 1.53. The van der Waals surface area contributed by atoms with Gasteiger partial charge in [-0.2, -0.15) is 0 Å². The van der Waals surface area contributed by atoms with E-state index in [0.717, 1.165) is 18.7 Å². The van der Waals surface area contributed by atoms with E-state index in [-0.39, 0.29) is 17.8 Å². The summed E-state index contributed by atoms with van der Waals surface area (Å²) in [7, 11) is 0. The van der Waals surface area contributed by atoms with Crippen LogP contribution in [0.5, 0.6) is 0 Å². The molecule has 2 N–H and O–H groups in total. The number of rotatable bonds is 5. The van der Waals surface area contributed by atoms with Crippen LogP contribution in [0.3, 0.4) is 0 Å². The minimum Gasteiger partial charge on any atom is -0.346 e. The molecule has 90 valence electrons. The first-order valence-electron chi connectivity index (χ1n) is 5.80. The van der Waals surface area contributed by atoms with Gasteiger partial charge >= 0.3 is 0 Å².